The highest BCUT2D eigenvalue weighted by Crippen LogP contribution is 2.18. The lowest BCUT2D eigenvalue weighted by atomic mass is 10.1. The molecule has 0 fully saturated rings. The van der Waals surface area contributed by atoms with E-state index < -0.39 is 6.09 Å². The maximum atomic E-state index is 11.6. The number of anilines is 1. The van der Waals surface area contributed by atoms with E-state index in [1.54, 1.807) is 44.4 Å². The lowest BCUT2D eigenvalue weighted by Gasteiger charge is -2.11. The molecule has 1 amide bonds. The number of benzene rings is 1. The summed E-state index contributed by atoms with van der Waals surface area (Å²) in [6.45, 7) is 1.99. The number of methoxy groups -OCH3 is 1. The van der Waals surface area contributed by atoms with Crippen molar-refractivity contribution in [2.75, 3.05) is 19.0 Å². The second kappa shape index (κ2) is 7.37. The Labute approximate surface area is 127 Å². The van der Waals surface area contributed by atoms with Crippen LogP contribution in [0, 0.1) is 0 Å². The summed E-state index contributed by atoms with van der Waals surface area (Å²) in [5.41, 5.74) is 1.81. The van der Waals surface area contributed by atoms with Crippen LogP contribution < -0.4 is 10.9 Å². The molecule has 1 heterocycles. The molecule has 0 saturated carbocycles. The fraction of sp³-hybridized carbons (Fsp3) is 0.267. The summed E-state index contributed by atoms with van der Waals surface area (Å²) in [5.74, 6) is 0. The van der Waals surface area contributed by atoms with Crippen molar-refractivity contribution in [3.8, 4) is 11.3 Å². The SMILES string of the molecule is COC(C)COC(=O)Nc1ccc(-c2ccc(=O)[nH]n2)cc1. The van der Waals surface area contributed by atoms with Crippen molar-refractivity contribution in [2.45, 2.75) is 13.0 Å². The third-order valence-corrected chi connectivity index (χ3v) is 2.96. The smallest absolute Gasteiger partial charge is 0.411 e. The van der Waals surface area contributed by atoms with Gasteiger partial charge in [-0.3, -0.25) is 10.1 Å². The largest absolute Gasteiger partial charge is 0.447 e. The standard InChI is InChI=1S/C15H17N3O4/c1-10(21-2)9-22-15(20)16-12-5-3-11(4-6-12)13-7-8-14(19)18-17-13/h3-8,10H,9H2,1-2H3,(H,16,20)(H,18,19). The number of H-pyrrole nitrogens is 1. The van der Waals surface area contributed by atoms with E-state index in [9.17, 15) is 9.59 Å². The minimum Gasteiger partial charge on any atom is -0.447 e. The minimum absolute atomic E-state index is 0.153. The summed E-state index contributed by atoms with van der Waals surface area (Å²) in [7, 11) is 1.55. The second-order valence-corrected chi connectivity index (χ2v) is 4.65. The molecule has 2 N–H and O–H groups in total. The van der Waals surface area contributed by atoms with Gasteiger partial charge in [0, 0.05) is 24.4 Å². The van der Waals surface area contributed by atoms with Crippen molar-refractivity contribution in [2.24, 2.45) is 0 Å². The third-order valence-electron chi connectivity index (χ3n) is 2.96. The highest BCUT2D eigenvalue weighted by Gasteiger charge is 2.07. The van der Waals surface area contributed by atoms with E-state index in [0.29, 0.717) is 11.4 Å². The van der Waals surface area contributed by atoms with E-state index in [2.05, 4.69) is 15.5 Å². The van der Waals surface area contributed by atoms with Crippen molar-refractivity contribution in [1.82, 2.24) is 10.2 Å². The summed E-state index contributed by atoms with van der Waals surface area (Å²) in [5, 5.41) is 8.92. The van der Waals surface area contributed by atoms with Crippen LogP contribution in [0.4, 0.5) is 10.5 Å². The van der Waals surface area contributed by atoms with Crippen LogP contribution in [0.2, 0.25) is 0 Å². The van der Waals surface area contributed by atoms with Crippen molar-refractivity contribution in [3.63, 3.8) is 0 Å². The Morgan fingerprint density at radius 1 is 1.27 bits per heavy atom. The molecule has 1 aromatic carbocycles. The van der Waals surface area contributed by atoms with Gasteiger partial charge in [0.25, 0.3) is 5.56 Å². The summed E-state index contributed by atoms with van der Waals surface area (Å²) in [6.07, 6.45) is -0.696. The lowest BCUT2D eigenvalue weighted by molar-refractivity contribution is 0.0508. The Kier molecular flexibility index (Phi) is 5.26. The van der Waals surface area contributed by atoms with Crippen molar-refractivity contribution >= 4 is 11.8 Å². The molecule has 116 valence electrons. The molecule has 0 bridgehead atoms. The monoisotopic (exact) mass is 303 g/mol. The summed E-state index contributed by atoms with van der Waals surface area (Å²) in [6, 6.07) is 10.1. The molecule has 0 aliphatic carbocycles. The lowest BCUT2D eigenvalue weighted by Crippen LogP contribution is -2.21. The van der Waals surface area contributed by atoms with Gasteiger partial charge in [-0.05, 0) is 25.1 Å². The second-order valence-electron chi connectivity index (χ2n) is 4.65. The number of nitrogens with one attached hydrogen (secondary N) is 2. The van der Waals surface area contributed by atoms with Gasteiger partial charge in [0.2, 0.25) is 0 Å². The van der Waals surface area contributed by atoms with Crippen LogP contribution in [0.1, 0.15) is 6.92 Å². The maximum Gasteiger partial charge on any atom is 0.411 e. The fourth-order valence-corrected chi connectivity index (χ4v) is 1.64. The predicted molar refractivity (Wildman–Crippen MR) is 81.7 cm³/mol. The topological polar surface area (TPSA) is 93.3 Å². The van der Waals surface area contributed by atoms with Crippen LogP contribution in [0.15, 0.2) is 41.2 Å². The van der Waals surface area contributed by atoms with Crippen LogP contribution in [-0.2, 0) is 9.47 Å². The van der Waals surface area contributed by atoms with Crippen molar-refractivity contribution in [1.29, 1.82) is 0 Å². The van der Waals surface area contributed by atoms with Crippen LogP contribution in [0.3, 0.4) is 0 Å². The van der Waals surface area contributed by atoms with Gasteiger partial charge in [-0.2, -0.15) is 5.10 Å². The zero-order valence-corrected chi connectivity index (χ0v) is 12.3. The van der Waals surface area contributed by atoms with Crippen LogP contribution in [0.5, 0.6) is 0 Å². The average Bonchev–Trinajstić information content (AvgIpc) is 2.54. The summed E-state index contributed by atoms with van der Waals surface area (Å²) >= 11 is 0. The molecule has 0 radical (unpaired) electrons. The molecule has 22 heavy (non-hydrogen) atoms. The van der Waals surface area contributed by atoms with Gasteiger partial charge >= 0.3 is 6.09 Å². The number of hydrogen-bond acceptors (Lipinski definition) is 5. The quantitative estimate of drug-likeness (QED) is 0.881. The zero-order chi connectivity index (χ0) is 15.9. The van der Waals surface area contributed by atoms with Gasteiger partial charge in [0.15, 0.2) is 0 Å². The Hall–Kier alpha value is -2.67. The molecule has 1 unspecified atom stereocenters. The number of aromatic amines is 1. The normalized spacial score (nSPS) is 11.7. The van der Waals surface area contributed by atoms with Gasteiger partial charge in [0.05, 0.1) is 11.8 Å². The van der Waals surface area contributed by atoms with Gasteiger partial charge in [-0.25, -0.2) is 9.89 Å². The van der Waals surface area contributed by atoms with Gasteiger partial charge in [-0.1, -0.05) is 12.1 Å². The van der Waals surface area contributed by atoms with E-state index in [1.807, 2.05) is 0 Å². The van der Waals surface area contributed by atoms with Crippen molar-refractivity contribution < 1.29 is 14.3 Å². The van der Waals surface area contributed by atoms with E-state index in [-0.39, 0.29) is 18.3 Å². The number of ether oxygens (including phenoxy) is 2. The molecule has 2 rings (SSSR count). The molecule has 7 heteroatoms. The molecule has 7 nitrogen and oxygen atoms in total. The number of carbonyl (C=O) groups excluding carboxylic acids is 1. The number of aromatic nitrogens is 2. The number of amides is 1. The molecule has 0 spiro atoms. The van der Waals surface area contributed by atoms with Crippen LogP contribution in [0.25, 0.3) is 11.3 Å². The predicted octanol–water partition coefficient (Wildman–Crippen LogP) is 2.02. The highest BCUT2D eigenvalue weighted by atomic mass is 16.6. The molecule has 0 aliphatic rings. The first-order valence-corrected chi connectivity index (χ1v) is 6.71. The maximum absolute atomic E-state index is 11.6. The Morgan fingerprint density at radius 3 is 2.59 bits per heavy atom. The first kappa shape index (κ1) is 15.7. The summed E-state index contributed by atoms with van der Waals surface area (Å²) in [4.78, 5) is 22.6. The van der Waals surface area contributed by atoms with Crippen LogP contribution >= 0.6 is 0 Å². The average molecular weight is 303 g/mol. The molecular formula is C15H17N3O4. The molecule has 2 aromatic rings. The Bertz CT molecular complexity index is 661. The number of nitrogens with zero attached hydrogens (tertiary/aromatic N) is 1. The number of hydrogen-bond donors (Lipinski definition) is 2. The summed E-state index contributed by atoms with van der Waals surface area (Å²) < 4.78 is 9.99. The van der Waals surface area contributed by atoms with Gasteiger partial charge < -0.3 is 9.47 Å². The first-order valence-electron chi connectivity index (χ1n) is 6.71. The third kappa shape index (κ3) is 4.42. The van der Waals surface area contributed by atoms with Gasteiger partial charge in [-0.15, -0.1) is 0 Å². The van der Waals surface area contributed by atoms with Crippen molar-refractivity contribution in [3.05, 3.63) is 46.8 Å². The minimum atomic E-state index is -0.543. The molecule has 1 aromatic heterocycles. The molecule has 0 aliphatic heterocycles. The fourth-order valence-electron chi connectivity index (χ4n) is 1.64. The molecular weight excluding hydrogens is 286 g/mol. The first-order chi connectivity index (χ1) is 10.6. The van der Waals surface area contributed by atoms with E-state index in [1.165, 1.54) is 6.07 Å². The van der Waals surface area contributed by atoms with E-state index in [0.717, 1.165) is 5.56 Å². The van der Waals surface area contributed by atoms with E-state index >= 15 is 0 Å². The van der Waals surface area contributed by atoms with Gasteiger partial charge in [0.1, 0.15) is 6.61 Å². The highest BCUT2D eigenvalue weighted by molar-refractivity contribution is 5.85. The molecule has 0 saturated heterocycles. The number of rotatable bonds is 5. The zero-order valence-electron chi connectivity index (χ0n) is 12.3. The Balaban J connectivity index is 1.95. The molecule has 1 atom stereocenters. The van der Waals surface area contributed by atoms with Crippen LogP contribution in [-0.4, -0.2) is 36.1 Å². The van der Waals surface area contributed by atoms with E-state index in [4.69, 9.17) is 9.47 Å². The number of carbonyl (C=O) groups is 1. The Morgan fingerprint density at radius 2 is 2.00 bits per heavy atom.